The smallest absolute Gasteiger partial charge is 0.254 e. The van der Waals surface area contributed by atoms with Gasteiger partial charge < -0.3 is 19.1 Å². The molecule has 0 bridgehead atoms. The first-order valence-electron chi connectivity index (χ1n) is 9.53. The summed E-state index contributed by atoms with van der Waals surface area (Å²) in [5.41, 5.74) is 1.81. The van der Waals surface area contributed by atoms with Crippen molar-refractivity contribution in [3.05, 3.63) is 53.6 Å². The monoisotopic (exact) mass is 384 g/mol. The Kier molecular flexibility index (Phi) is 6.76. The molecule has 0 spiro atoms. The van der Waals surface area contributed by atoms with Gasteiger partial charge in [-0.15, -0.1) is 0 Å². The summed E-state index contributed by atoms with van der Waals surface area (Å²) < 4.78 is 16.3. The Morgan fingerprint density at radius 1 is 0.893 bits per heavy atom. The summed E-state index contributed by atoms with van der Waals surface area (Å²) in [6.45, 7) is 6.62. The Hall–Kier alpha value is -2.73. The van der Waals surface area contributed by atoms with Crippen LogP contribution in [0.3, 0.4) is 0 Å². The van der Waals surface area contributed by atoms with E-state index < -0.39 is 0 Å². The molecule has 0 saturated carbocycles. The lowest BCUT2D eigenvalue weighted by atomic mass is 10.1. The van der Waals surface area contributed by atoms with Crippen molar-refractivity contribution in [1.29, 1.82) is 0 Å². The van der Waals surface area contributed by atoms with Gasteiger partial charge >= 0.3 is 0 Å². The maximum Gasteiger partial charge on any atom is 0.254 e. The lowest BCUT2D eigenvalue weighted by Gasteiger charge is -2.34. The molecule has 0 aliphatic carbocycles. The molecule has 1 saturated heterocycles. The molecule has 3 rings (SSSR count). The second-order valence-electron chi connectivity index (χ2n) is 6.90. The van der Waals surface area contributed by atoms with Crippen molar-refractivity contribution in [3.63, 3.8) is 0 Å². The summed E-state index contributed by atoms with van der Waals surface area (Å²) in [5.74, 6) is 2.14. The first-order chi connectivity index (χ1) is 13.6. The largest absolute Gasteiger partial charge is 0.497 e. The third kappa shape index (κ3) is 5.16. The number of methoxy groups -OCH3 is 2. The van der Waals surface area contributed by atoms with Crippen LogP contribution in [0.5, 0.6) is 17.2 Å². The van der Waals surface area contributed by atoms with Crippen molar-refractivity contribution in [1.82, 2.24) is 9.80 Å². The van der Waals surface area contributed by atoms with E-state index in [-0.39, 0.29) is 5.91 Å². The van der Waals surface area contributed by atoms with Crippen LogP contribution < -0.4 is 14.2 Å². The van der Waals surface area contributed by atoms with E-state index in [1.807, 2.05) is 29.2 Å². The number of hydrogen-bond donors (Lipinski definition) is 0. The van der Waals surface area contributed by atoms with Gasteiger partial charge in [-0.05, 0) is 31.2 Å². The van der Waals surface area contributed by atoms with Crippen molar-refractivity contribution >= 4 is 5.91 Å². The van der Waals surface area contributed by atoms with Gasteiger partial charge in [0.2, 0.25) is 0 Å². The number of ether oxygens (including phenoxy) is 3. The van der Waals surface area contributed by atoms with E-state index in [9.17, 15) is 4.79 Å². The number of hydrogen-bond acceptors (Lipinski definition) is 5. The van der Waals surface area contributed by atoms with Crippen molar-refractivity contribution in [3.8, 4) is 17.2 Å². The van der Waals surface area contributed by atoms with Gasteiger partial charge in [0.05, 0.1) is 14.2 Å². The maximum absolute atomic E-state index is 12.8. The molecular formula is C22H28N2O4. The maximum atomic E-state index is 12.8. The van der Waals surface area contributed by atoms with E-state index in [1.54, 1.807) is 32.4 Å². The minimum absolute atomic E-state index is 0.00718. The van der Waals surface area contributed by atoms with Crippen LogP contribution in [0.15, 0.2) is 42.5 Å². The van der Waals surface area contributed by atoms with Gasteiger partial charge in [-0.2, -0.15) is 0 Å². The first-order valence-corrected chi connectivity index (χ1v) is 9.53. The van der Waals surface area contributed by atoms with Gasteiger partial charge in [-0.1, -0.05) is 17.7 Å². The number of rotatable bonds is 7. The van der Waals surface area contributed by atoms with Crippen molar-refractivity contribution < 1.29 is 19.0 Å². The average molecular weight is 384 g/mol. The van der Waals surface area contributed by atoms with Gasteiger partial charge in [0.25, 0.3) is 5.91 Å². The molecule has 1 aliphatic rings. The van der Waals surface area contributed by atoms with Crippen LogP contribution in [0.4, 0.5) is 0 Å². The van der Waals surface area contributed by atoms with E-state index >= 15 is 0 Å². The highest BCUT2D eigenvalue weighted by atomic mass is 16.5. The standard InChI is InChI=1S/C22H28N2O4/c1-17-4-6-19(7-5-17)28-13-12-23-8-10-24(11-9-23)22(25)18-14-20(26-2)16-21(15-18)27-3/h4-7,14-16H,8-13H2,1-3H3. The predicted octanol–water partition coefficient (Wildman–Crippen LogP) is 2.85. The summed E-state index contributed by atoms with van der Waals surface area (Å²) >= 11 is 0. The average Bonchev–Trinajstić information content (AvgIpc) is 2.74. The zero-order valence-electron chi connectivity index (χ0n) is 16.8. The lowest BCUT2D eigenvalue weighted by molar-refractivity contribution is 0.0619. The van der Waals surface area contributed by atoms with Crippen molar-refractivity contribution in [2.24, 2.45) is 0 Å². The quantitative estimate of drug-likeness (QED) is 0.735. The fraction of sp³-hybridized carbons (Fsp3) is 0.409. The van der Waals surface area contributed by atoms with Gasteiger partial charge in [-0.25, -0.2) is 0 Å². The van der Waals surface area contributed by atoms with E-state index in [0.717, 1.165) is 25.4 Å². The van der Waals surface area contributed by atoms with E-state index in [2.05, 4.69) is 11.8 Å². The highest BCUT2D eigenvalue weighted by Gasteiger charge is 2.23. The van der Waals surface area contributed by atoms with Crippen molar-refractivity contribution in [2.75, 3.05) is 53.6 Å². The third-order valence-corrected chi connectivity index (χ3v) is 4.96. The van der Waals surface area contributed by atoms with Gasteiger partial charge in [-0.3, -0.25) is 9.69 Å². The van der Waals surface area contributed by atoms with Crippen LogP contribution in [-0.2, 0) is 0 Å². The van der Waals surface area contributed by atoms with Crippen LogP contribution in [0.1, 0.15) is 15.9 Å². The zero-order chi connectivity index (χ0) is 19.9. The number of benzene rings is 2. The summed E-state index contributed by atoms with van der Waals surface area (Å²) in [4.78, 5) is 17.0. The Labute approximate surface area is 166 Å². The molecular weight excluding hydrogens is 356 g/mol. The molecule has 0 N–H and O–H groups in total. The SMILES string of the molecule is COc1cc(OC)cc(C(=O)N2CCN(CCOc3ccc(C)cc3)CC2)c1. The summed E-state index contributed by atoms with van der Waals surface area (Å²) in [6, 6.07) is 13.4. The van der Waals surface area contributed by atoms with Crippen LogP contribution >= 0.6 is 0 Å². The number of piperazine rings is 1. The van der Waals surface area contributed by atoms with E-state index in [4.69, 9.17) is 14.2 Å². The normalized spacial score (nSPS) is 14.6. The number of carbonyl (C=O) groups is 1. The number of amides is 1. The van der Waals surface area contributed by atoms with Crippen molar-refractivity contribution in [2.45, 2.75) is 6.92 Å². The highest BCUT2D eigenvalue weighted by Crippen LogP contribution is 2.23. The first kappa shape index (κ1) is 20.0. The van der Waals surface area contributed by atoms with Gasteiger partial charge in [0, 0.05) is 44.4 Å². The third-order valence-electron chi connectivity index (χ3n) is 4.96. The van der Waals surface area contributed by atoms with Crippen LogP contribution in [-0.4, -0.2) is 69.3 Å². The number of nitrogens with zero attached hydrogens (tertiary/aromatic N) is 2. The molecule has 28 heavy (non-hydrogen) atoms. The molecule has 6 heteroatoms. The summed E-state index contributed by atoms with van der Waals surface area (Å²) in [6.07, 6.45) is 0. The predicted molar refractivity (Wildman–Crippen MR) is 109 cm³/mol. The summed E-state index contributed by atoms with van der Waals surface area (Å²) in [7, 11) is 3.17. The minimum Gasteiger partial charge on any atom is -0.497 e. The molecule has 1 fully saturated rings. The zero-order valence-corrected chi connectivity index (χ0v) is 16.8. The van der Waals surface area contributed by atoms with Crippen LogP contribution in [0.2, 0.25) is 0 Å². The fourth-order valence-electron chi connectivity index (χ4n) is 3.22. The molecule has 6 nitrogen and oxygen atoms in total. The van der Waals surface area contributed by atoms with E-state index in [1.165, 1.54) is 5.56 Å². The van der Waals surface area contributed by atoms with Crippen LogP contribution in [0, 0.1) is 6.92 Å². The molecule has 0 atom stereocenters. The Morgan fingerprint density at radius 3 is 2.07 bits per heavy atom. The molecule has 2 aromatic carbocycles. The molecule has 150 valence electrons. The molecule has 2 aromatic rings. The molecule has 0 aromatic heterocycles. The van der Waals surface area contributed by atoms with Gasteiger partial charge in [0.15, 0.2) is 0 Å². The minimum atomic E-state index is 0.00718. The van der Waals surface area contributed by atoms with Gasteiger partial charge in [0.1, 0.15) is 23.9 Å². The Bertz CT molecular complexity index is 761. The van der Waals surface area contributed by atoms with E-state index in [0.29, 0.717) is 36.8 Å². The number of aryl methyl sites for hydroxylation is 1. The second-order valence-corrected chi connectivity index (χ2v) is 6.90. The lowest BCUT2D eigenvalue weighted by Crippen LogP contribution is -2.49. The fourth-order valence-corrected chi connectivity index (χ4v) is 3.22. The Morgan fingerprint density at radius 2 is 1.50 bits per heavy atom. The molecule has 1 aliphatic heterocycles. The van der Waals surface area contributed by atoms with Crippen LogP contribution in [0.25, 0.3) is 0 Å². The second kappa shape index (κ2) is 9.46. The highest BCUT2D eigenvalue weighted by molar-refractivity contribution is 5.95. The Balaban J connectivity index is 1.48. The number of carbonyl (C=O) groups excluding carboxylic acids is 1. The topological polar surface area (TPSA) is 51.2 Å². The molecule has 1 amide bonds. The molecule has 1 heterocycles. The molecule has 0 unspecified atom stereocenters. The molecule has 0 radical (unpaired) electrons. The summed E-state index contributed by atoms with van der Waals surface area (Å²) in [5, 5.41) is 0.